The Kier molecular flexibility index (Phi) is 4.53. The Balaban J connectivity index is 1.72. The van der Waals surface area contributed by atoms with Crippen molar-refractivity contribution < 1.29 is 14.3 Å². The molecule has 2 rings (SSSR count). The van der Waals surface area contributed by atoms with Crippen LogP contribution in [0.5, 0.6) is 0 Å². The predicted molar refractivity (Wildman–Crippen MR) is 67.2 cm³/mol. The van der Waals surface area contributed by atoms with Crippen molar-refractivity contribution in [3.05, 3.63) is 0 Å². The number of methoxy groups -OCH3 is 1. The zero-order chi connectivity index (χ0) is 12.1. The van der Waals surface area contributed by atoms with Crippen LogP contribution in [0.3, 0.4) is 0 Å². The van der Waals surface area contributed by atoms with Gasteiger partial charge in [-0.25, -0.2) is 4.79 Å². The lowest BCUT2D eigenvalue weighted by molar-refractivity contribution is 0.00935. The maximum atomic E-state index is 11.8. The first kappa shape index (κ1) is 13.0. The van der Waals surface area contributed by atoms with E-state index in [-0.39, 0.29) is 11.0 Å². The van der Waals surface area contributed by atoms with Gasteiger partial charge in [0.25, 0.3) is 0 Å². The van der Waals surface area contributed by atoms with Crippen LogP contribution in [0.2, 0.25) is 0 Å². The minimum atomic E-state index is 0.00328. The maximum absolute atomic E-state index is 11.8. The van der Waals surface area contributed by atoms with Gasteiger partial charge in [-0.2, -0.15) is 0 Å². The molecular weight excluding hydrogens is 240 g/mol. The van der Waals surface area contributed by atoms with Crippen LogP contribution in [-0.2, 0) is 9.47 Å². The SMILES string of the molecule is COCCNC(=O)N1CCC2(CC1)OCCS2. The fraction of sp³-hybridized carbons (Fsp3) is 0.909. The molecule has 0 aliphatic carbocycles. The minimum Gasteiger partial charge on any atom is -0.383 e. The lowest BCUT2D eigenvalue weighted by atomic mass is 10.1. The molecule has 0 saturated carbocycles. The van der Waals surface area contributed by atoms with Gasteiger partial charge in [0.2, 0.25) is 0 Å². The van der Waals surface area contributed by atoms with Crippen LogP contribution in [0.4, 0.5) is 4.79 Å². The van der Waals surface area contributed by atoms with Crippen molar-refractivity contribution >= 4 is 17.8 Å². The van der Waals surface area contributed by atoms with Gasteiger partial charge in [0, 0.05) is 45.3 Å². The highest BCUT2D eigenvalue weighted by atomic mass is 32.2. The normalized spacial score (nSPS) is 23.0. The van der Waals surface area contributed by atoms with E-state index in [9.17, 15) is 4.79 Å². The van der Waals surface area contributed by atoms with Gasteiger partial charge in [-0.15, -0.1) is 11.8 Å². The van der Waals surface area contributed by atoms with Crippen LogP contribution in [0.15, 0.2) is 0 Å². The highest BCUT2D eigenvalue weighted by molar-refractivity contribution is 8.00. The van der Waals surface area contributed by atoms with Crippen LogP contribution in [0.25, 0.3) is 0 Å². The molecule has 0 unspecified atom stereocenters. The predicted octanol–water partition coefficient (Wildman–Crippen LogP) is 0.898. The van der Waals surface area contributed by atoms with Gasteiger partial charge in [-0.3, -0.25) is 0 Å². The zero-order valence-corrected chi connectivity index (χ0v) is 11.1. The molecule has 1 spiro atoms. The van der Waals surface area contributed by atoms with E-state index in [2.05, 4.69) is 5.32 Å². The summed E-state index contributed by atoms with van der Waals surface area (Å²) in [6.45, 7) is 3.55. The fourth-order valence-electron chi connectivity index (χ4n) is 2.21. The van der Waals surface area contributed by atoms with E-state index in [1.54, 1.807) is 7.11 Å². The van der Waals surface area contributed by atoms with E-state index >= 15 is 0 Å². The second-order valence-electron chi connectivity index (χ2n) is 4.32. The summed E-state index contributed by atoms with van der Waals surface area (Å²) >= 11 is 1.90. The van der Waals surface area contributed by atoms with E-state index in [0.29, 0.717) is 13.2 Å². The summed E-state index contributed by atoms with van der Waals surface area (Å²) in [7, 11) is 1.63. The quantitative estimate of drug-likeness (QED) is 0.766. The van der Waals surface area contributed by atoms with Gasteiger partial charge in [0.1, 0.15) is 4.93 Å². The Hall–Kier alpha value is -0.460. The Labute approximate surface area is 106 Å². The summed E-state index contributed by atoms with van der Waals surface area (Å²) in [6.07, 6.45) is 1.88. The van der Waals surface area contributed by atoms with Gasteiger partial charge >= 0.3 is 6.03 Å². The number of thioether (sulfide) groups is 1. The first-order chi connectivity index (χ1) is 8.26. The molecule has 2 saturated heterocycles. The van der Waals surface area contributed by atoms with Gasteiger partial charge in [0.05, 0.1) is 13.2 Å². The lowest BCUT2D eigenvalue weighted by Gasteiger charge is -2.37. The van der Waals surface area contributed by atoms with Crippen molar-refractivity contribution in [2.45, 2.75) is 17.8 Å². The van der Waals surface area contributed by atoms with Gasteiger partial charge in [-0.05, 0) is 0 Å². The first-order valence-corrected chi connectivity index (χ1v) is 7.04. The number of amides is 2. The number of ether oxygens (including phenoxy) is 2. The third kappa shape index (κ3) is 3.26. The van der Waals surface area contributed by atoms with Crippen LogP contribution in [-0.4, -0.2) is 61.6 Å². The largest absolute Gasteiger partial charge is 0.383 e. The third-order valence-corrected chi connectivity index (χ3v) is 4.63. The van der Waals surface area contributed by atoms with Crippen LogP contribution < -0.4 is 5.32 Å². The van der Waals surface area contributed by atoms with Crippen molar-refractivity contribution in [3.8, 4) is 0 Å². The number of piperidine rings is 1. The third-order valence-electron chi connectivity index (χ3n) is 3.21. The molecule has 0 aromatic carbocycles. The molecule has 2 amide bonds. The van der Waals surface area contributed by atoms with E-state index in [1.165, 1.54) is 0 Å². The monoisotopic (exact) mass is 260 g/mol. The number of rotatable bonds is 3. The molecule has 6 heteroatoms. The van der Waals surface area contributed by atoms with Crippen molar-refractivity contribution in [2.75, 3.05) is 45.7 Å². The van der Waals surface area contributed by atoms with Crippen molar-refractivity contribution in [3.63, 3.8) is 0 Å². The Morgan fingerprint density at radius 2 is 2.29 bits per heavy atom. The van der Waals surface area contributed by atoms with Gasteiger partial charge in [-0.1, -0.05) is 0 Å². The number of urea groups is 1. The molecule has 98 valence electrons. The second-order valence-corrected chi connectivity index (χ2v) is 5.76. The molecule has 0 aromatic rings. The summed E-state index contributed by atoms with van der Waals surface area (Å²) in [6, 6.07) is 0.0138. The standard InChI is InChI=1S/C11H20N2O3S/c1-15-7-4-12-10(14)13-5-2-11(3-6-13)16-8-9-17-11/h2-9H2,1H3,(H,12,14). The van der Waals surface area contributed by atoms with Crippen LogP contribution in [0.1, 0.15) is 12.8 Å². The highest BCUT2D eigenvalue weighted by Gasteiger charge is 2.40. The molecule has 5 nitrogen and oxygen atoms in total. The molecule has 0 radical (unpaired) electrons. The highest BCUT2D eigenvalue weighted by Crippen LogP contribution is 2.41. The number of nitrogens with one attached hydrogen (secondary N) is 1. The summed E-state index contributed by atoms with van der Waals surface area (Å²) in [5, 5.41) is 2.85. The van der Waals surface area contributed by atoms with Crippen LogP contribution >= 0.6 is 11.8 Å². The topological polar surface area (TPSA) is 50.8 Å². The molecule has 0 aromatic heterocycles. The summed E-state index contributed by atoms with van der Waals surface area (Å²) in [5.74, 6) is 1.08. The average Bonchev–Trinajstić information content (AvgIpc) is 2.79. The van der Waals surface area contributed by atoms with Crippen LogP contribution in [0, 0.1) is 0 Å². The summed E-state index contributed by atoms with van der Waals surface area (Å²) in [4.78, 5) is 13.7. The Morgan fingerprint density at radius 1 is 1.53 bits per heavy atom. The van der Waals surface area contributed by atoms with E-state index in [0.717, 1.165) is 38.3 Å². The number of nitrogens with zero attached hydrogens (tertiary/aromatic N) is 1. The number of likely N-dealkylation sites (tertiary alicyclic amines) is 1. The Morgan fingerprint density at radius 3 is 2.88 bits per heavy atom. The molecule has 17 heavy (non-hydrogen) atoms. The summed E-state index contributed by atoms with van der Waals surface area (Å²) in [5.41, 5.74) is 0. The molecule has 0 bridgehead atoms. The zero-order valence-electron chi connectivity index (χ0n) is 10.2. The summed E-state index contributed by atoms with van der Waals surface area (Å²) < 4.78 is 10.7. The van der Waals surface area contributed by atoms with Gasteiger partial charge in [0.15, 0.2) is 0 Å². The number of hydrogen-bond donors (Lipinski definition) is 1. The Bertz CT molecular complexity index is 259. The molecule has 2 aliphatic heterocycles. The first-order valence-electron chi connectivity index (χ1n) is 6.05. The fourth-order valence-corrected chi connectivity index (χ4v) is 3.38. The minimum absolute atomic E-state index is 0.00328. The lowest BCUT2D eigenvalue weighted by Crippen LogP contribution is -2.49. The van der Waals surface area contributed by atoms with Crippen molar-refractivity contribution in [1.82, 2.24) is 10.2 Å². The number of carbonyl (C=O) groups excluding carboxylic acids is 1. The molecule has 2 aliphatic rings. The number of hydrogen-bond acceptors (Lipinski definition) is 4. The van der Waals surface area contributed by atoms with E-state index in [4.69, 9.17) is 9.47 Å². The second kappa shape index (κ2) is 5.93. The van der Waals surface area contributed by atoms with E-state index in [1.807, 2.05) is 16.7 Å². The molecule has 2 fully saturated rings. The van der Waals surface area contributed by atoms with E-state index < -0.39 is 0 Å². The molecule has 0 atom stereocenters. The van der Waals surface area contributed by atoms with Crippen molar-refractivity contribution in [2.24, 2.45) is 0 Å². The molecule has 2 heterocycles. The number of carbonyl (C=O) groups is 1. The average molecular weight is 260 g/mol. The smallest absolute Gasteiger partial charge is 0.317 e. The maximum Gasteiger partial charge on any atom is 0.317 e. The van der Waals surface area contributed by atoms with Gasteiger partial charge < -0.3 is 19.7 Å². The molecular formula is C11H20N2O3S. The molecule has 1 N–H and O–H groups in total. The van der Waals surface area contributed by atoms with Crippen molar-refractivity contribution in [1.29, 1.82) is 0 Å².